The van der Waals surface area contributed by atoms with Crippen LogP contribution >= 0.6 is 15.9 Å². The van der Waals surface area contributed by atoms with Gasteiger partial charge in [-0.2, -0.15) is 5.10 Å². The fourth-order valence-corrected chi connectivity index (χ4v) is 3.28. The van der Waals surface area contributed by atoms with E-state index in [1.807, 2.05) is 59.3 Å². The molecule has 1 N–H and O–H groups in total. The molecule has 1 heterocycles. The third-order valence-electron chi connectivity index (χ3n) is 3.87. The number of hydrogen-bond donors (Lipinski definition) is 1. The highest BCUT2D eigenvalue weighted by atomic mass is 79.9. The van der Waals surface area contributed by atoms with Gasteiger partial charge in [0.25, 0.3) is 0 Å². The number of rotatable bonds is 2. The molecule has 108 valence electrons. The minimum atomic E-state index is 0.290. The predicted octanol–water partition coefficient (Wildman–Crippen LogP) is 4.78. The first-order valence-electron chi connectivity index (χ1n) is 7.03. The Labute approximate surface area is 135 Å². The van der Waals surface area contributed by atoms with Crippen molar-refractivity contribution in [3.8, 4) is 11.4 Å². The molecule has 4 aromatic rings. The Kier molecular flexibility index (Phi) is 3.12. The van der Waals surface area contributed by atoms with Crippen LogP contribution in [0.3, 0.4) is 0 Å². The zero-order valence-electron chi connectivity index (χ0n) is 11.7. The number of aromatic hydroxyl groups is 1. The lowest BCUT2D eigenvalue weighted by Crippen LogP contribution is -1.96. The molecule has 0 unspecified atom stereocenters. The third kappa shape index (κ3) is 1.91. The van der Waals surface area contributed by atoms with Crippen molar-refractivity contribution in [3.05, 3.63) is 66.4 Å². The molecule has 0 amide bonds. The van der Waals surface area contributed by atoms with Crippen molar-refractivity contribution >= 4 is 37.6 Å². The van der Waals surface area contributed by atoms with E-state index < -0.39 is 0 Å². The molecule has 22 heavy (non-hydrogen) atoms. The van der Waals surface area contributed by atoms with Gasteiger partial charge in [-0.15, -0.1) is 0 Å². The molecule has 0 atom stereocenters. The number of fused-ring (bicyclic) bond motifs is 3. The van der Waals surface area contributed by atoms with Crippen LogP contribution < -0.4 is 0 Å². The largest absolute Gasteiger partial charge is 0.507 e. The summed E-state index contributed by atoms with van der Waals surface area (Å²) in [7, 11) is 0. The Hall–Kier alpha value is -2.33. The van der Waals surface area contributed by atoms with Crippen LogP contribution in [-0.2, 0) is 5.33 Å². The number of alkyl halides is 1. The first-order valence-corrected chi connectivity index (χ1v) is 8.15. The smallest absolute Gasteiger partial charge is 0.124 e. The lowest BCUT2D eigenvalue weighted by atomic mass is 10.1. The van der Waals surface area contributed by atoms with E-state index in [2.05, 4.69) is 15.9 Å². The first-order chi connectivity index (χ1) is 10.8. The van der Waals surface area contributed by atoms with E-state index >= 15 is 0 Å². The van der Waals surface area contributed by atoms with Gasteiger partial charge in [-0.05, 0) is 18.2 Å². The number of nitrogens with zero attached hydrogens (tertiary/aromatic N) is 2. The molecule has 1 aromatic heterocycles. The normalized spacial score (nSPS) is 11.3. The van der Waals surface area contributed by atoms with Crippen molar-refractivity contribution in [2.24, 2.45) is 0 Å². The van der Waals surface area contributed by atoms with Crippen molar-refractivity contribution in [1.29, 1.82) is 0 Å². The molecule has 0 bridgehead atoms. The van der Waals surface area contributed by atoms with Crippen LogP contribution in [0.1, 0.15) is 5.69 Å². The molecule has 4 rings (SSSR count). The molecule has 0 spiro atoms. The Morgan fingerprint density at radius 2 is 1.59 bits per heavy atom. The zero-order chi connectivity index (χ0) is 15.1. The number of phenolic OH excluding ortho intramolecular Hbond substituents is 1. The Balaban J connectivity index is 2.20. The molecular weight excluding hydrogens is 340 g/mol. The van der Waals surface area contributed by atoms with Crippen molar-refractivity contribution in [1.82, 2.24) is 9.78 Å². The van der Waals surface area contributed by atoms with Crippen LogP contribution in [0.25, 0.3) is 27.4 Å². The second kappa shape index (κ2) is 5.14. The molecule has 0 saturated carbocycles. The monoisotopic (exact) mass is 352 g/mol. The number of hydrogen-bond acceptors (Lipinski definition) is 2. The van der Waals surface area contributed by atoms with E-state index in [-0.39, 0.29) is 5.75 Å². The minimum Gasteiger partial charge on any atom is -0.507 e. The van der Waals surface area contributed by atoms with Gasteiger partial charge < -0.3 is 5.11 Å². The van der Waals surface area contributed by atoms with Gasteiger partial charge >= 0.3 is 0 Å². The third-order valence-corrected chi connectivity index (χ3v) is 4.40. The number of phenols is 1. The number of benzene rings is 3. The molecule has 0 aliphatic heterocycles. The Morgan fingerprint density at radius 3 is 2.32 bits per heavy atom. The van der Waals surface area contributed by atoms with Gasteiger partial charge in [0.1, 0.15) is 5.75 Å². The first kappa shape index (κ1) is 13.3. The number of halogens is 1. The lowest BCUT2D eigenvalue weighted by Gasteiger charge is -2.07. The molecular formula is C18H13BrN2O. The second-order valence-corrected chi connectivity index (χ2v) is 5.73. The predicted molar refractivity (Wildman–Crippen MR) is 92.9 cm³/mol. The van der Waals surface area contributed by atoms with Crippen LogP contribution in [0.4, 0.5) is 0 Å². The van der Waals surface area contributed by atoms with Crippen LogP contribution in [0, 0.1) is 0 Å². The summed E-state index contributed by atoms with van der Waals surface area (Å²) in [6.45, 7) is 0. The van der Waals surface area contributed by atoms with Gasteiger partial charge in [0, 0.05) is 21.5 Å². The Bertz CT molecular complexity index is 977. The van der Waals surface area contributed by atoms with E-state index in [0.717, 1.165) is 33.1 Å². The maximum Gasteiger partial charge on any atom is 0.124 e. The fraction of sp³-hybridized carbons (Fsp3) is 0.0556. The fourth-order valence-electron chi connectivity index (χ4n) is 2.87. The molecule has 0 radical (unpaired) electrons. The van der Waals surface area contributed by atoms with E-state index in [0.29, 0.717) is 5.33 Å². The van der Waals surface area contributed by atoms with Crippen molar-refractivity contribution in [2.75, 3.05) is 0 Å². The summed E-state index contributed by atoms with van der Waals surface area (Å²) in [5.74, 6) is 0.290. The maximum absolute atomic E-state index is 10.3. The molecule has 0 saturated heterocycles. The van der Waals surface area contributed by atoms with E-state index in [4.69, 9.17) is 5.10 Å². The van der Waals surface area contributed by atoms with E-state index in [9.17, 15) is 5.11 Å². The van der Waals surface area contributed by atoms with Gasteiger partial charge in [0.2, 0.25) is 0 Å². The summed E-state index contributed by atoms with van der Waals surface area (Å²) in [5.41, 5.74) is 2.95. The summed E-state index contributed by atoms with van der Waals surface area (Å²) in [6.07, 6.45) is 0. The highest BCUT2D eigenvalue weighted by Gasteiger charge is 2.16. The second-order valence-electron chi connectivity index (χ2n) is 5.17. The van der Waals surface area contributed by atoms with Gasteiger partial charge in [-0.25, -0.2) is 4.68 Å². The van der Waals surface area contributed by atoms with Gasteiger partial charge in [-0.1, -0.05) is 58.4 Å². The summed E-state index contributed by atoms with van der Waals surface area (Å²) < 4.78 is 1.95. The van der Waals surface area contributed by atoms with E-state index in [1.54, 1.807) is 6.07 Å². The van der Waals surface area contributed by atoms with Crippen molar-refractivity contribution < 1.29 is 5.11 Å². The summed E-state index contributed by atoms with van der Waals surface area (Å²) in [4.78, 5) is 0. The van der Waals surface area contributed by atoms with Gasteiger partial charge in [-0.3, -0.25) is 0 Å². The standard InChI is InChI=1S/C18H13BrN2O/c19-11-16-15-10-17(22)13-8-4-5-9-14(13)18(15)21(20-16)12-6-2-1-3-7-12/h1-10,22H,11H2. The number of aromatic nitrogens is 2. The van der Waals surface area contributed by atoms with Crippen LogP contribution in [0.5, 0.6) is 5.75 Å². The average Bonchev–Trinajstić information content (AvgIpc) is 2.94. The van der Waals surface area contributed by atoms with Crippen LogP contribution in [0.2, 0.25) is 0 Å². The van der Waals surface area contributed by atoms with E-state index in [1.165, 1.54) is 0 Å². The summed E-state index contributed by atoms with van der Waals surface area (Å²) >= 11 is 3.50. The number of para-hydroxylation sites is 1. The molecule has 3 nitrogen and oxygen atoms in total. The van der Waals surface area contributed by atoms with Gasteiger partial charge in [0.05, 0.1) is 16.9 Å². The summed E-state index contributed by atoms with van der Waals surface area (Å²) in [5, 5.41) is 18.5. The van der Waals surface area contributed by atoms with Crippen molar-refractivity contribution in [3.63, 3.8) is 0 Å². The molecule has 3 aromatic carbocycles. The molecule has 0 fully saturated rings. The van der Waals surface area contributed by atoms with Gasteiger partial charge in [0.15, 0.2) is 0 Å². The SMILES string of the molecule is Oc1cc2c(CBr)nn(-c3ccccc3)c2c2ccccc12. The average molecular weight is 353 g/mol. The van der Waals surface area contributed by atoms with Crippen LogP contribution in [0.15, 0.2) is 60.7 Å². The quantitative estimate of drug-likeness (QED) is 0.527. The van der Waals surface area contributed by atoms with Crippen LogP contribution in [-0.4, -0.2) is 14.9 Å². The molecule has 0 aliphatic carbocycles. The van der Waals surface area contributed by atoms with Crippen molar-refractivity contribution in [2.45, 2.75) is 5.33 Å². The summed E-state index contributed by atoms with van der Waals surface area (Å²) in [6, 6.07) is 19.7. The minimum absolute atomic E-state index is 0.290. The highest BCUT2D eigenvalue weighted by Crippen LogP contribution is 2.35. The highest BCUT2D eigenvalue weighted by molar-refractivity contribution is 9.08. The zero-order valence-corrected chi connectivity index (χ0v) is 13.3. The maximum atomic E-state index is 10.3. The lowest BCUT2D eigenvalue weighted by molar-refractivity contribution is 0.482. The Morgan fingerprint density at radius 1 is 0.909 bits per heavy atom. The molecule has 4 heteroatoms. The topological polar surface area (TPSA) is 38.1 Å². The molecule has 0 aliphatic rings.